The van der Waals surface area contributed by atoms with Gasteiger partial charge in [-0.05, 0) is 30.5 Å². The zero-order valence-corrected chi connectivity index (χ0v) is 10.8. The van der Waals surface area contributed by atoms with Crippen LogP contribution in [0.4, 0.5) is 0 Å². The van der Waals surface area contributed by atoms with Gasteiger partial charge in [0.05, 0.1) is 0 Å². The van der Waals surface area contributed by atoms with Crippen molar-refractivity contribution in [3.05, 3.63) is 48.3 Å². The number of aryl methyl sites for hydroxylation is 2. The van der Waals surface area contributed by atoms with E-state index in [0.29, 0.717) is 13.0 Å². The van der Waals surface area contributed by atoms with Gasteiger partial charge in [-0.1, -0.05) is 0 Å². The van der Waals surface area contributed by atoms with Gasteiger partial charge in [0, 0.05) is 44.2 Å². The molecular formula is C14H18N4O. The molecule has 2 aromatic rings. The lowest BCUT2D eigenvalue weighted by molar-refractivity contribution is -0.121. The third-order valence-corrected chi connectivity index (χ3v) is 2.86. The first-order valence-electron chi connectivity index (χ1n) is 6.48. The number of aromatic nitrogens is 3. The third-order valence-electron chi connectivity index (χ3n) is 2.86. The molecule has 2 aromatic heterocycles. The summed E-state index contributed by atoms with van der Waals surface area (Å²) < 4.78 is 0. The van der Waals surface area contributed by atoms with Gasteiger partial charge < -0.3 is 10.3 Å². The zero-order chi connectivity index (χ0) is 13.3. The fourth-order valence-corrected chi connectivity index (χ4v) is 1.81. The average Bonchev–Trinajstić information content (AvgIpc) is 2.96. The summed E-state index contributed by atoms with van der Waals surface area (Å²) in [6, 6.07) is 3.87. The molecule has 0 aromatic carbocycles. The molecule has 5 heteroatoms. The van der Waals surface area contributed by atoms with E-state index in [2.05, 4.69) is 20.3 Å². The highest BCUT2D eigenvalue weighted by Gasteiger charge is 2.02. The molecule has 0 aliphatic rings. The molecule has 0 saturated heterocycles. The Balaban J connectivity index is 1.57. The second-order valence-corrected chi connectivity index (χ2v) is 4.34. The molecule has 0 unspecified atom stereocenters. The number of H-pyrrole nitrogens is 1. The molecule has 5 nitrogen and oxygen atoms in total. The molecule has 2 N–H and O–H groups in total. The first-order valence-corrected chi connectivity index (χ1v) is 6.48. The van der Waals surface area contributed by atoms with Gasteiger partial charge in [0.25, 0.3) is 0 Å². The van der Waals surface area contributed by atoms with Gasteiger partial charge in [0.2, 0.25) is 5.91 Å². The summed E-state index contributed by atoms with van der Waals surface area (Å²) in [4.78, 5) is 22.8. The van der Waals surface area contributed by atoms with Crippen molar-refractivity contribution in [3.63, 3.8) is 0 Å². The number of carbonyl (C=O) groups excluding carboxylic acids is 1. The number of hydrogen-bond acceptors (Lipinski definition) is 3. The van der Waals surface area contributed by atoms with Crippen LogP contribution in [0.5, 0.6) is 0 Å². The number of pyridine rings is 1. The maximum Gasteiger partial charge on any atom is 0.220 e. The number of nitrogens with zero attached hydrogens (tertiary/aromatic N) is 2. The van der Waals surface area contributed by atoms with Crippen molar-refractivity contribution >= 4 is 5.91 Å². The van der Waals surface area contributed by atoms with Crippen molar-refractivity contribution in [2.45, 2.75) is 25.7 Å². The standard InChI is InChI=1S/C14H18N4O/c19-14(4-3-12-5-8-15-9-6-12)18-7-1-2-13-16-10-11-17-13/h5-6,8-11H,1-4,7H2,(H,16,17)(H,18,19). The minimum Gasteiger partial charge on any atom is -0.356 e. The second-order valence-electron chi connectivity index (χ2n) is 4.34. The minimum atomic E-state index is 0.0938. The SMILES string of the molecule is O=C(CCc1ccncc1)NCCCc1ncc[nH]1. The average molecular weight is 258 g/mol. The highest BCUT2D eigenvalue weighted by molar-refractivity contribution is 5.76. The Labute approximate surface area is 112 Å². The van der Waals surface area contributed by atoms with Crippen LogP contribution in [0.25, 0.3) is 0 Å². The van der Waals surface area contributed by atoms with Gasteiger partial charge in [0.15, 0.2) is 0 Å². The molecule has 2 rings (SSSR count). The van der Waals surface area contributed by atoms with Gasteiger partial charge in [-0.3, -0.25) is 9.78 Å². The van der Waals surface area contributed by atoms with E-state index < -0.39 is 0 Å². The van der Waals surface area contributed by atoms with E-state index in [4.69, 9.17) is 0 Å². The molecule has 0 aliphatic carbocycles. The first kappa shape index (κ1) is 13.3. The predicted molar refractivity (Wildman–Crippen MR) is 72.5 cm³/mol. The molecule has 1 amide bonds. The zero-order valence-electron chi connectivity index (χ0n) is 10.8. The van der Waals surface area contributed by atoms with Crippen LogP contribution in [0.15, 0.2) is 36.9 Å². The largest absolute Gasteiger partial charge is 0.356 e. The highest BCUT2D eigenvalue weighted by Crippen LogP contribution is 2.00. The summed E-state index contributed by atoms with van der Waals surface area (Å²) in [7, 11) is 0. The molecule has 19 heavy (non-hydrogen) atoms. The Morgan fingerprint density at radius 1 is 1.21 bits per heavy atom. The normalized spacial score (nSPS) is 10.3. The van der Waals surface area contributed by atoms with Crippen molar-refractivity contribution in [1.29, 1.82) is 0 Å². The lowest BCUT2D eigenvalue weighted by Crippen LogP contribution is -2.25. The number of carbonyl (C=O) groups is 1. The quantitative estimate of drug-likeness (QED) is 0.739. The van der Waals surface area contributed by atoms with Crippen LogP contribution in [0.1, 0.15) is 24.2 Å². The molecule has 0 atom stereocenters. The second kappa shape index (κ2) is 7.31. The van der Waals surface area contributed by atoms with Gasteiger partial charge in [-0.25, -0.2) is 4.98 Å². The predicted octanol–water partition coefficient (Wildman–Crippen LogP) is 1.49. The van der Waals surface area contributed by atoms with Gasteiger partial charge in [-0.2, -0.15) is 0 Å². The van der Waals surface area contributed by atoms with E-state index in [9.17, 15) is 4.79 Å². The number of imidazole rings is 1. The summed E-state index contributed by atoms with van der Waals surface area (Å²) in [5.41, 5.74) is 1.14. The molecule has 2 heterocycles. The number of amides is 1. The lowest BCUT2D eigenvalue weighted by Gasteiger charge is -2.04. The molecule has 0 spiro atoms. The topological polar surface area (TPSA) is 70.7 Å². The molecule has 0 aliphatic heterocycles. The van der Waals surface area contributed by atoms with E-state index >= 15 is 0 Å². The van der Waals surface area contributed by atoms with Crippen LogP contribution >= 0.6 is 0 Å². The van der Waals surface area contributed by atoms with Gasteiger partial charge in [0.1, 0.15) is 5.82 Å². The Kier molecular flexibility index (Phi) is 5.10. The maximum absolute atomic E-state index is 11.6. The Bertz CT molecular complexity index is 481. The molecule has 0 saturated carbocycles. The fraction of sp³-hybridized carbons (Fsp3) is 0.357. The lowest BCUT2D eigenvalue weighted by atomic mass is 10.1. The monoisotopic (exact) mass is 258 g/mol. The van der Waals surface area contributed by atoms with Crippen LogP contribution in [-0.2, 0) is 17.6 Å². The van der Waals surface area contributed by atoms with Crippen molar-refractivity contribution in [1.82, 2.24) is 20.3 Å². The molecular weight excluding hydrogens is 240 g/mol. The summed E-state index contributed by atoms with van der Waals surface area (Å²) in [6.45, 7) is 0.690. The van der Waals surface area contributed by atoms with Gasteiger partial charge in [-0.15, -0.1) is 0 Å². The minimum absolute atomic E-state index is 0.0938. The van der Waals surface area contributed by atoms with Crippen LogP contribution < -0.4 is 5.32 Å². The molecule has 0 fully saturated rings. The Morgan fingerprint density at radius 3 is 2.79 bits per heavy atom. The number of hydrogen-bond donors (Lipinski definition) is 2. The number of rotatable bonds is 7. The molecule has 0 radical (unpaired) electrons. The van der Waals surface area contributed by atoms with Crippen molar-refractivity contribution in [2.24, 2.45) is 0 Å². The first-order chi connectivity index (χ1) is 9.34. The van der Waals surface area contributed by atoms with Crippen molar-refractivity contribution < 1.29 is 4.79 Å². The summed E-state index contributed by atoms with van der Waals surface area (Å²) in [5, 5.41) is 2.92. The van der Waals surface area contributed by atoms with Crippen LogP contribution in [0.2, 0.25) is 0 Å². The highest BCUT2D eigenvalue weighted by atomic mass is 16.1. The summed E-state index contributed by atoms with van der Waals surface area (Å²) >= 11 is 0. The van der Waals surface area contributed by atoms with E-state index in [1.807, 2.05) is 18.3 Å². The van der Waals surface area contributed by atoms with Crippen molar-refractivity contribution in [3.8, 4) is 0 Å². The summed E-state index contributed by atoms with van der Waals surface area (Å²) in [5.74, 6) is 1.06. The third kappa shape index (κ3) is 4.91. The van der Waals surface area contributed by atoms with E-state index in [1.54, 1.807) is 18.6 Å². The molecule has 100 valence electrons. The number of aromatic amines is 1. The molecule has 0 bridgehead atoms. The van der Waals surface area contributed by atoms with E-state index in [-0.39, 0.29) is 5.91 Å². The number of nitrogens with one attached hydrogen (secondary N) is 2. The van der Waals surface area contributed by atoms with Crippen LogP contribution in [-0.4, -0.2) is 27.4 Å². The summed E-state index contributed by atoms with van der Waals surface area (Å²) in [6.07, 6.45) is 10.1. The fourth-order valence-electron chi connectivity index (χ4n) is 1.81. The van der Waals surface area contributed by atoms with E-state index in [0.717, 1.165) is 30.7 Å². The van der Waals surface area contributed by atoms with Crippen molar-refractivity contribution in [2.75, 3.05) is 6.54 Å². The Morgan fingerprint density at radius 2 is 2.05 bits per heavy atom. The van der Waals surface area contributed by atoms with Crippen LogP contribution in [0.3, 0.4) is 0 Å². The van der Waals surface area contributed by atoms with E-state index in [1.165, 1.54) is 0 Å². The maximum atomic E-state index is 11.6. The van der Waals surface area contributed by atoms with Gasteiger partial charge >= 0.3 is 0 Å². The van der Waals surface area contributed by atoms with Crippen LogP contribution in [0, 0.1) is 0 Å². The smallest absolute Gasteiger partial charge is 0.220 e. The Hall–Kier alpha value is -2.17.